The van der Waals surface area contributed by atoms with Crippen molar-refractivity contribution in [2.75, 3.05) is 0 Å². The van der Waals surface area contributed by atoms with Gasteiger partial charge in [-0.3, -0.25) is 0 Å². The second-order valence-electron chi connectivity index (χ2n) is 15.5. The predicted octanol–water partition coefficient (Wildman–Crippen LogP) is 14.7. The molecule has 0 fully saturated rings. The summed E-state index contributed by atoms with van der Waals surface area (Å²) in [7, 11) is 0. The lowest BCUT2D eigenvalue weighted by atomic mass is 9.70. The SMILES string of the molecule is c1cc(-c2ccc3c(c2)C2(c4ccccc4-c4ccccc42)c2ccc4c(c2-3)Oc2ccccc2O4)cc(-c2ccc3c4ccccc4c4ccccc4c3c2)c1. The van der Waals surface area contributed by atoms with Crippen molar-refractivity contribution in [1.82, 2.24) is 0 Å². The van der Waals surface area contributed by atoms with Crippen molar-refractivity contribution in [3.8, 4) is 67.5 Å². The molecule has 0 N–H and O–H groups in total. The van der Waals surface area contributed by atoms with Crippen LogP contribution in [0.3, 0.4) is 0 Å². The molecule has 1 aliphatic heterocycles. The summed E-state index contributed by atoms with van der Waals surface area (Å²) < 4.78 is 13.3. The minimum absolute atomic E-state index is 0.525. The van der Waals surface area contributed by atoms with Crippen LogP contribution in [0.2, 0.25) is 0 Å². The highest BCUT2D eigenvalue weighted by atomic mass is 16.6. The summed E-state index contributed by atoms with van der Waals surface area (Å²) >= 11 is 0. The number of hydrogen-bond donors (Lipinski definition) is 0. The van der Waals surface area contributed by atoms with E-state index in [-0.39, 0.29) is 0 Å². The Balaban J connectivity index is 1.02. The van der Waals surface area contributed by atoms with E-state index in [1.807, 2.05) is 24.3 Å². The Kier molecular flexibility index (Phi) is 6.13. The fraction of sp³-hybridized carbons (Fsp3) is 0.0182. The maximum Gasteiger partial charge on any atom is 0.178 e. The van der Waals surface area contributed by atoms with Gasteiger partial charge in [0.15, 0.2) is 23.0 Å². The molecular formula is C55H32O2. The van der Waals surface area contributed by atoms with E-state index in [0.717, 1.165) is 28.6 Å². The molecule has 2 heteroatoms. The van der Waals surface area contributed by atoms with Gasteiger partial charge in [0.05, 0.1) is 5.41 Å². The van der Waals surface area contributed by atoms with Gasteiger partial charge in [-0.15, -0.1) is 0 Å². The highest BCUT2D eigenvalue weighted by molar-refractivity contribution is 6.25. The third-order valence-corrected chi connectivity index (χ3v) is 12.7. The van der Waals surface area contributed by atoms with Crippen LogP contribution in [0.1, 0.15) is 22.3 Å². The molecule has 1 spiro atoms. The standard InChI is InChI=1S/C55H32O2/c1-2-16-39-37(14-1)38-15-3-4-17-40(38)45-31-35(24-26-41(39)45)33-12-11-13-34(30-33)36-25-27-44-49(32-36)55(46-20-7-5-18-42(46)43-19-6-8-21-47(43)55)48-28-29-52-54(53(44)48)57-51-23-10-9-22-50(51)56-52/h1-32H. The number of benzene rings is 10. The van der Waals surface area contributed by atoms with Crippen molar-refractivity contribution in [1.29, 1.82) is 0 Å². The molecular weight excluding hydrogens is 693 g/mol. The summed E-state index contributed by atoms with van der Waals surface area (Å²) in [6.45, 7) is 0. The molecule has 0 unspecified atom stereocenters. The number of ether oxygens (including phenoxy) is 2. The maximum absolute atomic E-state index is 6.79. The zero-order valence-corrected chi connectivity index (χ0v) is 30.8. The van der Waals surface area contributed by atoms with Gasteiger partial charge < -0.3 is 9.47 Å². The lowest BCUT2D eigenvalue weighted by molar-refractivity contribution is 0.360. The molecule has 13 rings (SSSR count). The Hall–Kier alpha value is -7.42. The third-order valence-electron chi connectivity index (χ3n) is 12.7. The van der Waals surface area contributed by atoms with Gasteiger partial charge in [-0.1, -0.05) is 158 Å². The molecule has 0 saturated carbocycles. The van der Waals surface area contributed by atoms with Gasteiger partial charge in [-0.05, 0) is 130 Å². The van der Waals surface area contributed by atoms with Gasteiger partial charge in [0.1, 0.15) is 0 Å². The molecule has 0 saturated heterocycles. The van der Waals surface area contributed by atoms with Crippen LogP contribution in [0.4, 0.5) is 0 Å². The molecule has 0 radical (unpaired) electrons. The second kappa shape index (κ2) is 11.3. The molecule has 0 bridgehead atoms. The first-order valence-electron chi connectivity index (χ1n) is 19.7. The number of fused-ring (bicyclic) bond motifs is 19. The Morgan fingerprint density at radius 2 is 0.807 bits per heavy atom. The first kappa shape index (κ1) is 30.9. The van der Waals surface area contributed by atoms with Crippen LogP contribution in [0.15, 0.2) is 194 Å². The van der Waals surface area contributed by atoms with E-state index in [0.29, 0.717) is 0 Å². The molecule has 0 aromatic heterocycles. The Bertz CT molecular complexity index is 3290. The number of hydrogen-bond acceptors (Lipinski definition) is 2. The van der Waals surface area contributed by atoms with Crippen LogP contribution < -0.4 is 9.47 Å². The summed E-state index contributed by atoms with van der Waals surface area (Å²) in [5.41, 5.74) is 14.1. The molecule has 1 heterocycles. The topological polar surface area (TPSA) is 18.5 Å². The van der Waals surface area contributed by atoms with E-state index in [1.165, 1.54) is 93.5 Å². The average Bonchev–Trinajstić information content (AvgIpc) is 3.75. The van der Waals surface area contributed by atoms with Gasteiger partial charge in [-0.25, -0.2) is 0 Å². The summed E-state index contributed by atoms with van der Waals surface area (Å²) in [5, 5.41) is 7.72. The zero-order valence-electron chi connectivity index (χ0n) is 30.8. The smallest absolute Gasteiger partial charge is 0.178 e. The Morgan fingerprint density at radius 1 is 0.281 bits per heavy atom. The molecule has 10 aromatic rings. The number of para-hydroxylation sites is 2. The Morgan fingerprint density at radius 3 is 1.49 bits per heavy atom. The zero-order chi connectivity index (χ0) is 37.2. The van der Waals surface area contributed by atoms with E-state index in [2.05, 4.69) is 170 Å². The van der Waals surface area contributed by atoms with Crippen LogP contribution in [0.5, 0.6) is 23.0 Å². The highest BCUT2D eigenvalue weighted by Gasteiger charge is 2.53. The fourth-order valence-corrected chi connectivity index (χ4v) is 10.4. The largest absolute Gasteiger partial charge is 0.449 e. The molecule has 2 nitrogen and oxygen atoms in total. The molecule has 57 heavy (non-hydrogen) atoms. The lowest BCUT2D eigenvalue weighted by Crippen LogP contribution is -2.26. The Labute approximate surface area is 329 Å². The van der Waals surface area contributed by atoms with Crippen molar-refractivity contribution < 1.29 is 9.47 Å². The van der Waals surface area contributed by atoms with Crippen LogP contribution in [-0.2, 0) is 5.41 Å². The maximum atomic E-state index is 6.79. The van der Waals surface area contributed by atoms with Gasteiger partial charge in [-0.2, -0.15) is 0 Å². The summed E-state index contributed by atoms with van der Waals surface area (Å²) in [6, 6.07) is 70.8. The van der Waals surface area contributed by atoms with E-state index in [4.69, 9.17) is 9.47 Å². The van der Waals surface area contributed by atoms with Gasteiger partial charge in [0.2, 0.25) is 0 Å². The van der Waals surface area contributed by atoms with Crippen LogP contribution >= 0.6 is 0 Å². The van der Waals surface area contributed by atoms with Crippen molar-refractivity contribution >= 4 is 32.3 Å². The van der Waals surface area contributed by atoms with Crippen molar-refractivity contribution in [2.45, 2.75) is 5.41 Å². The van der Waals surface area contributed by atoms with E-state index in [1.54, 1.807) is 0 Å². The van der Waals surface area contributed by atoms with E-state index >= 15 is 0 Å². The van der Waals surface area contributed by atoms with Crippen LogP contribution in [-0.4, -0.2) is 0 Å². The average molecular weight is 725 g/mol. The third kappa shape index (κ3) is 4.09. The van der Waals surface area contributed by atoms with Crippen LogP contribution in [0, 0.1) is 0 Å². The first-order valence-corrected chi connectivity index (χ1v) is 19.7. The molecule has 0 amide bonds. The number of rotatable bonds is 2. The highest BCUT2D eigenvalue weighted by Crippen LogP contribution is 2.66. The minimum Gasteiger partial charge on any atom is -0.449 e. The summed E-state index contributed by atoms with van der Waals surface area (Å²) in [4.78, 5) is 0. The van der Waals surface area contributed by atoms with Gasteiger partial charge >= 0.3 is 0 Å². The monoisotopic (exact) mass is 724 g/mol. The van der Waals surface area contributed by atoms with Crippen molar-refractivity contribution in [3.63, 3.8) is 0 Å². The molecule has 3 aliphatic rings. The minimum atomic E-state index is -0.525. The van der Waals surface area contributed by atoms with Crippen molar-refractivity contribution in [3.05, 3.63) is 216 Å². The second-order valence-corrected chi connectivity index (χ2v) is 15.5. The molecule has 10 aromatic carbocycles. The lowest BCUT2D eigenvalue weighted by Gasteiger charge is -2.31. The fourth-order valence-electron chi connectivity index (χ4n) is 10.4. The summed E-state index contributed by atoms with van der Waals surface area (Å²) in [5.74, 6) is 2.98. The quantitative estimate of drug-likeness (QED) is 0.165. The molecule has 2 aliphatic carbocycles. The predicted molar refractivity (Wildman–Crippen MR) is 233 cm³/mol. The van der Waals surface area contributed by atoms with E-state index < -0.39 is 5.41 Å². The summed E-state index contributed by atoms with van der Waals surface area (Å²) in [6.07, 6.45) is 0. The van der Waals surface area contributed by atoms with Crippen LogP contribution in [0.25, 0.3) is 76.8 Å². The van der Waals surface area contributed by atoms with E-state index in [9.17, 15) is 0 Å². The first-order chi connectivity index (χ1) is 28.3. The van der Waals surface area contributed by atoms with Gasteiger partial charge in [0.25, 0.3) is 0 Å². The normalized spacial score (nSPS) is 13.7. The van der Waals surface area contributed by atoms with Crippen molar-refractivity contribution in [2.24, 2.45) is 0 Å². The van der Waals surface area contributed by atoms with Gasteiger partial charge in [0, 0.05) is 5.56 Å². The molecule has 264 valence electrons. The molecule has 0 atom stereocenters.